The van der Waals surface area contributed by atoms with Gasteiger partial charge in [0.1, 0.15) is 0 Å². The van der Waals surface area contributed by atoms with E-state index in [1.807, 2.05) is 0 Å². The second-order valence-electron chi connectivity index (χ2n) is 2.08. The van der Waals surface area contributed by atoms with E-state index in [9.17, 15) is 0 Å². The molecule has 2 heterocycles. The smallest absolute Gasteiger partial charge is 0.240 e. The van der Waals surface area contributed by atoms with Gasteiger partial charge in [-0.05, 0) is 6.07 Å². The van der Waals surface area contributed by atoms with Gasteiger partial charge < -0.3 is 4.74 Å². The predicted octanol–water partition coefficient (Wildman–Crippen LogP) is 0.992. The first kappa shape index (κ1) is 6.78. The molecule has 0 bridgehead atoms. The van der Waals surface area contributed by atoms with E-state index >= 15 is 0 Å². The highest BCUT2D eigenvalue weighted by Gasteiger charge is 1.96. The lowest BCUT2D eigenvalue weighted by Crippen LogP contribution is -1.88. The van der Waals surface area contributed by atoms with Crippen molar-refractivity contribution in [3.63, 3.8) is 0 Å². The summed E-state index contributed by atoms with van der Waals surface area (Å²) in [5.74, 6) is 0.997. The number of rotatable bonds is 2. The molecule has 0 fully saturated rings. The van der Waals surface area contributed by atoms with Crippen LogP contribution in [0.3, 0.4) is 0 Å². The van der Waals surface area contributed by atoms with Crippen LogP contribution in [0.25, 0.3) is 0 Å². The van der Waals surface area contributed by atoms with Crippen molar-refractivity contribution in [1.82, 2.24) is 20.4 Å². The van der Waals surface area contributed by atoms with E-state index in [1.54, 1.807) is 30.6 Å². The average Bonchev–Trinajstić information content (AvgIpc) is 2.59. The molecule has 0 spiro atoms. The van der Waals surface area contributed by atoms with Crippen molar-refractivity contribution >= 4 is 0 Å². The zero-order valence-corrected chi connectivity index (χ0v) is 6.14. The van der Waals surface area contributed by atoms with Crippen molar-refractivity contribution in [1.29, 1.82) is 0 Å². The van der Waals surface area contributed by atoms with Gasteiger partial charge in [-0.3, -0.25) is 0 Å². The number of aromatic nitrogens is 4. The first-order chi connectivity index (χ1) is 5.95. The van der Waals surface area contributed by atoms with Crippen LogP contribution in [0.15, 0.2) is 30.6 Å². The lowest BCUT2D eigenvalue weighted by atomic mass is 10.6. The van der Waals surface area contributed by atoms with Crippen molar-refractivity contribution in [2.75, 3.05) is 0 Å². The largest absolute Gasteiger partial charge is 0.420 e. The van der Waals surface area contributed by atoms with Crippen molar-refractivity contribution in [3.05, 3.63) is 30.6 Å². The fraction of sp³-hybridized carbons (Fsp3) is 0. The summed E-state index contributed by atoms with van der Waals surface area (Å²) in [7, 11) is 0. The summed E-state index contributed by atoms with van der Waals surface area (Å²) in [5, 5.41) is 13.8. The minimum atomic E-state index is 0.446. The molecule has 1 N–H and O–H groups in total. The standard InChI is InChI=1S/C7H6N4O/c1-2-6(10-8-4-1)12-7-3-5-9-11-7/h1-5H,(H,9,11). The third-order valence-electron chi connectivity index (χ3n) is 1.24. The van der Waals surface area contributed by atoms with Crippen LogP contribution in [-0.4, -0.2) is 20.4 Å². The minimum Gasteiger partial charge on any atom is -0.420 e. The van der Waals surface area contributed by atoms with E-state index in [4.69, 9.17) is 4.74 Å². The average molecular weight is 162 g/mol. The summed E-state index contributed by atoms with van der Waals surface area (Å²) >= 11 is 0. The molecule has 0 aliphatic rings. The highest BCUT2D eigenvalue weighted by molar-refractivity contribution is 5.15. The quantitative estimate of drug-likeness (QED) is 0.715. The topological polar surface area (TPSA) is 63.7 Å². The number of hydrogen-bond donors (Lipinski definition) is 1. The molecule has 5 nitrogen and oxygen atoms in total. The van der Waals surface area contributed by atoms with Gasteiger partial charge in [0.05, 0.1) is 6.20 Å². The molecule has 2 aromatic rings. The first-order valence-corrected chi connectivity index (χ1v) is 3.40. The summed E-state index contributed by atoms with van der Waals surface area (Å²) < 4.78 is 5.23. The predicted molar refractivity (Wildman–Crippen MR) is 40.7 cm³/mol. The normalized spacial score (nSPS) is 9.67. The monoisotopic (exact) mass is 162 g/mol. The number of H-pyrrole nitrogens is 1. The molecule has 12 heavy (non-hydrogen) atoms. The van der Waals surface area contributed by atoms with Crippen molar-refractivity contribution < 1.29 is 4.74 Å². The van der Waals surface area contributed by atoms with E-state index in [1.165, 1.54) is 0 Å². The molecule has 0 saturated carbocycles. The highest BCUT2D eigenvalue weighted by atomic mass is 16.5. The van der Waals surface area contributed by atoms with E-state index in [-0.39, 0.29) is 0 Å². The second kappa shape index (κ2) is 3.00. The van der Waals surface area contributed by atoms with E-state index < -0.39 is 0 Å². The number of aromatic amines is 1. The summed E-state index contributed by atoms with van der Waals surface area (Å²) in [6, 6.07) is 5.17. The molecule has 0 aliphatic carbocycles. The molecular formula is C7H6N4O. The lowest BCUT2D eigenvalue weighted by Gasteiger charge is -1.97. The summed E-state index contributed by atoms with van der Waals surface area (Å²) in [4.78, 5) is 0. The van der Waals surface area contributed by atoms with Gasteiger partial charge in [0, 0.05) is 18.3 Å². The van der Waals surface area contributed by atoms with Crippen LogP contribution in [0.1, 0.15) is 0 Å². The van der Waals surface area contributed by atoms with Crippen molar-refractivity contribution in [2.45, 2.75) is 0 Å². The summed E-state index contributed by atoms with van der Waals surface area (Å²) in [6.07, 6.45) is 3.19. The SMILES string of the molecule is c1cnnc(Oc2ccn[nH]2)c1. The van der Waals surface area contributed by atoms with Gasteiger partial charge in [0.15, 0.2) is 0 Å². The van der Waals surface area contributed by atoms with Gasteiger partial charge in [-0.25, -0.2) is 5.10 Å². The molecule has 5 heteroatoms. The number of ether oxygens (including phenoxy) is 1. The Balaban J connectivity index is 2.15. The second-order valence-corrected chi connectivity index (χ2v) is 2.08. The third kappa shape index (κ3) is 1.39. The van der Waals surface area contributed by atoms with Crippen LogP contribution >= 0.6 is 0 Å². The molecule has 0 radical (unpaired) electrons. The lowest BCUT2D eigenvalue weighted by molar-refractivity contribution is 0.436. The van der Waals surface area contributed by atoms with Gasteiger partial charge in [-0.1, -0.05) is 0 Å². The molecular weight excluding hydrogens is 156 g/mol. The molecule has 0 aromatic carbocycles. The Labute approximate surface area is 68.4 Å². The molecule has 0 amide bonds. The minimum absolute atomic E-state index is 0.446. The maximum atomic E-state index is 5.23. The van der Waals surface area contributed by atoms with Crippen LogP contribution in [-0.2, 0) is 0 Å². The van der Waals surface area contributed by atoms with Gasteiger partial charge in [0.2, 0.25) is 11.8 Å². The van der Waals surface area contributed by atoms with Crippen LogP contribution in [0, 0.1) is 0 Å². The molecule has 60 valence electrons. The Morgan fingerprint density at radius 2 is 2.25 bits per heavy atom. The summed E-state index contributed by atoms with van der Waals surface area (Å²) in [5.41, 5.74) is 0. The van der Waals surface area contributed by atoms with Crippen molar-refractivity contribution in [3.8, 4) is 11.8 Å². The molecule has 2 rings (SSSR count). The Bertz CT molecular complexity index is 332. The van der Waals surface area contributed by atoms with E-state index in [0.29, 0.717) is 11.8 Å². The zero-order chi connectivity index (χ0) is 8.23. The van der Waals surface area contributed by atoms with E-state index in [2.05, 4.69) is 20.4 Å². The molecule has 0 unspecified atom stereocenters. The van der Waals surface area contributed by atoms with Gasteiger partial charge in [-0.15, -0.1) is 5.10 Å². The zero-order valence-electron chi connectivity index (χ0n) is 6.14. The van der Waals surface area contributed by atoms with Crippen LogP contribution in [0.4, 0.5) is 0 Å². The highest BCUT2D eigenvalue weighted by Crippen LogP contribution is 2.13. The van der Waals surface area contributed by atoms with Gasteiger partial charge >= 0.3 is 0 Å². The van der Waals surface area contributed by atoms with Crippen LogP contribution in [0.5, 0.6) is 11.8 Å². The molecule has 2 aromatic heterocycles. The van der Waals surface area contributed by atoms with Gasteiger partial charge in [-0.2, -0.15) is 10.2 Å². The molecule has 0 saturated heterocycles. The summed E-state index contributed by atoms with van der Waals surface area (Å²) in [6.45, 7) is 0. The molecule has 0 atom stereocenters. The number of nitrogens with one attached hydrogen (secondary N) is 1. The maximum Gasteiger partial charge on any atom is 0.240 e. The van der Waals surface area contributed by atoms with Gasteiger partial charge in [0.25, 0.3) is 0 Å². The number of hydrogen-bond acceptors (Lipinski definition) is 4. The van der Waals surface area contributed by atoms with Crippen molar-refractivity contribution in [2.24, 2.45) is 0 Å². The maximum absolute atomic E-state index is 5.23. The molecule has 0 aliphatic heterocycles. The fourth-order valence-electron chi connectivity index (χ4n) is 0.754. The van der Waals surface area contributed by atoms with E-state index in [0.717, 1.165) is 0 Å². The Hall–Kier alpha value is -1.91. The third-order valence-corrected chi connectivity index (χ3v) is 1.24. The fourth-order valence-corrected chi connectivity index (χ4v) is 0.754. The Morgan fingerprint density at radius 3 is 2.92 bits per heavy atom. The number of nitrogens with zero attached hydrogens (tertiary/aromatic N) is 3. The first-order valence-electron chi connectivity index (χ1n) is 3.40. The Morgan fingerprint density at radius 1 is 1.25 bits per heavy atom. The Kier molecular flexibility index (Phi) is 1.69. The van der Waals surface area contributed by atoms with Crippen LogP contribution in [0.2, 0.25) is 0 Å². The van der Waals surface area contributed by atoms with Crippen LogP contribution < -0.4 is 4.74 Å².